The Kier molecular flexibility index (Phi) is 6.16. The van der Waals surface area contributed by atoms with E-state index < -0.39 is 17.9 Å². The maximum absolute atomic E-state index is 16.6. The van der Waals surface area contributed by atoms with Crippen LogP contribution in [0.3, 0.4) is 0 Å². The van der Waals surface area contributed by atoms with Gasteiger partial charge in [0.15, 0.2) is 5.82 Å². The summed E-state index contributed by atoms with van der Waals surface area (Å²) in [5.41, 5.74) is -0.230. The fraction of sp³-hybridized carbons (Fsp3) is 0.517. The van der Waals surface area contributed by atoms with Gasteiger partial charge in [-0.15, -0.1) is 13.2 Å². The maximum Gasteiger partial charge on any atom is 0.573 e. The van der Waals surface area contributed by atoms with Gasteiger partial charge in [0.1, 0.15) is 29.4 Å². The number of alkyl halides is 3. The lowest BCUT2D eigenvalue weighted by Crippen LogP contribution is -2.51. The number of aromatic nitrogens is 5. The smallest absolute Gasteiger partial charge is 0.461 e. The molecule has 1 aromatic carbocycles. The van der Waals surface area contributed by atoms with E-state index in [1.807, 2.05) is 0 Å². The standard InChI is InChI=1S/C29H30F4N8O2/c30-23-24-19(11-34-25(23)22-18-12-35-39-20(18)5-6-21(22)43-29(31,32)33)26(40-13-16-3-4-17(14-40)36-16)38-27(37-24)42-15-28-7-1-9-41(28)10-2-8-28/h5-6,11-12,16-17,36H,1-4,7-10,13-15H2,(H,35,39). The first-order valence-electron chi connectivity index (χ1n) is 14.7. The normalized spacial score (nSPS) is 23.4. The van der Waals surface area contributed by atoms with Gasteiger partial charge < -0.3 is 19.7 Å². The summed E-state index contributed by atoms with van der Waals surface area (Å²) in [6, 6.07) is 3.14. The van der Waals surface area contributed by atoms with Gasteiger partial charge in [0.2, 0.25) is 0 Å². The minimum atomic E-state index is -4.99. The molecule has 0 saturated carbocycles. The van der Waals surface area contributed by atoms with E-state index in [0.717, 1.165) is 57.7 Å². The van der Waals surface area contributed by atoms with Crippen LogP contribution in [-0.4, -0.2) is 86.8 Å². The van der Waals surface area contributed by atoms with Gasteiger partial charge in [-0.3, -0.25) is 15.0 Å². The van der Waals surface area contributed by atoms with Gasteiger partial charge >= 0.3 is 12.4 Å². The molecule has 4 saturated heterocycles. The number of aromatic amines is 1. The van der Waals surface area contributed by atoms with Crippen LogP contribution >= 0.6 is 0 Å². The Labute approximate surface area is 243 Å². The number of rotatable bonds is 6. The summed E-state index contributed by atoms with van der Waals surface area (Å²) >= 11 is 0. The van der Waals surface area contributed by atoms with Crippen molar-refractivity contribution >= 4 is 27.6 Å². The van der Waals surface area contributed by atoms with Gasteiger partial charge in [0, 0.05) is 36.8 Å². The molecule has 0 aliphatic carbocycles. The summed E-state index contributed by atoms with van der Waals surface area (Å²) in [5.74, 6) is -0.957. The molecule has 3 aromatic heterocycles. The first kappa shape index (κ1) is 26.8. The van der Waals surface area contributed by atoms with E-state index in [1.54, 1.807) is 0 Å². The first-order chi connectivity index (χ1) is 20.8. The Morgan fingerprint density at radius 3 is 2.51 bits per heavy atom. The Morgan fingerprint density at radius 2 is 1.77 bits per heavy atom. The number of piperazine rings is 1. The van der Waals surface area contributed by atoms with Gasteiger partial charge in [0.05, 0.1) is 28.2 Å². The van der Waals surface area contributed by atoms with Gasteiger partial charge in [-0.05, 0) is 63.7 Å². The quantitative estimate of drug-likeness (QED) is 0.309. The molecular weight excluding hydrogens is 568 g/mol. The number of hydrogen-bond donors (Lipinski definition) is 2. The maximum atomic E-state index is 16.6. The van der Waals surface area contributed by atoms with E-state index in [4.69, 9.17) is 9.72 Å². The molecule has 2 unspecified atom stereocenters. The summed E-state index contributed by atoms with van der Waals surface area (Å²) < 4.78 is 67.4. The van der Waals surface area contributed by atoms with Crippen molar-refractivity contribution in [2.45, 2.75) is 62.5 Å². The Bertz CT molecular complexity index is 1690. The molecular formula is C29H30F4N8O2. The van der Waals surface area contributed by atoms with Crippen LogP contribution < -0.4 is 19.7 Å². The molecule has 0 amide bonds. The SMILES string of the molecule is Fc1c(-c2c(OC(F)(F)F)ccc3[nH]ncc23)ncc2c(N3CC4CCC(C3)N4)nc(OCC34CCCN3CCC4)nc12. The monoisotopic (exact) mass is 598 g/mol. The second kappa shape index (κ2) is 9.88. The van der Waals surface area contributed by atoms with E-state index >= 15 is 4.39 Å². The zero-order valence-electron chi connectivity index (χ0n) is 23.3. The minimum Gasteiger partial charge on any atom is -0.461 e. The molecule has 0 radical (unpaired) electrons. The lowest BCUT2D eigenvalue weighted by atomic mass is 9.95. The largest absolute Gasteiger partial charge is 0.573 e. The van der Waals surface area contributed by atoms with Crippen LogP contribution in [0.25, 0.3) is 33.1 Å². The minimum absolute atomic E-state index is 0.0471. The molecule has 14 heteroatoms. The summed E-state index contributed by atoms with van der Waals surface area (Å²) in [7, 11) is 0. The highest BCUT2D eigenvalue weighted by Gasteiger charge is 2.45. The van der Waals surface area contributed by atoms with Crippen LogP contribution in [-0.2, 0) is 0 Å². The number of nitrogens with one attached hydrogen (secondary N) is 2. The molecule has 2 atom stereocenters. The van der Waals surface area contributed by atoms with Crippen LogP contribution in [0.2, 0.25) is 0 Å². The molecule has 7 heterocycles. The predicted molar refractivity (Wildman–Crippen MR) is 149 cm³/mol. The number of H-pyrrole nitrogens is 1. The number of hydrogen-bond acceptors (Lipinski definition) is 9. The molecule has 10 nitrogen and oxygen atoms in total. The van der Waals surface area contributed by atoms with Crippen molar-refractivity contribution in [2.24, 2.45) is 0 Å². The van der Waals surface area contributed by atoms with Crippen molar-refractivity contribution in [1.29, 1.82) is 0 Å². The van der Waals surface area contributed by atoms with E-state index in [1.165, 1.54) is 18.5 Å². The van der Waals surface area contributed by atoms with Crippen molar-refractivity contribution in [3.05, 3.63) is 30.3 Å². The van der Waals surface area contributed by atoms with Gasteiger partial charge in [0.25, 0.3) is 0 Å². The van der Waals surface area contributed by atoms with E-state index in [0.29, 0.717) is 36.4 Å². The Balaban J connectivity index is 1.26. The average molecular weight is 599 g/mol. The van der Waals surface area contributed by atoms with Crippen LogP contribution in [0, 0.1) is 5.82 Å². The molecule has 0 spiro atoms. The van der Waals surface area contributed by atoms with Gasteiger partial charge in [-0.25, -0.2) is 4.39 Å². The van der Waals surface area contributed by atoms with Crippen LogP contribution in [0.4, 0.5) is 23.4 Å². The van der Waals surface area contributed by atoms with Crippen molar-refractivity contribution in [2.75, 3.05) is 37.7 Å². The third-order valence-corrected chi connectivity index (χ3v) is 9.49. The number of nitrogens with zero attached hydrogens (tertiary/aromatic N) is 6. The van der Waals surface area contributed by atoms with Gasteiger partial charge in [-0.1, -0.05) is 0 Å². The Morgan fingerprint density at radius 1 is 1.00 bits per heavy atom. The van der Waals surface area contributed by atoms with Crippen LogP contribution in [0.15, 0.2) is 24.5 Å². The van der Waals surface area contributed by atoms with E-state index in [2.05, 4.69) is 40.0 Å². The first-order valence-corrected chi connectivity index (χ1v) is 14.7. The van der Waals surface area contributed by atoms with Crippen molar-refractivity contribution in [1.82, 2.24) is 35.4 Å². The molecule has 4 aliphatic rings. The predicted octanol–water partition coefficient (Wildman–Crippen LogP) is 4.55. The van der Waals surface area contributed by atoms with Crippen LogP contribution in [0.1, 0.15) is 38.5 Å². The fourth-order valence-electron chi connectivity index (χ4n) is 7.58. The lowest BCUT2D eigenvalue weighted by molar-refractivity contribution is -0.274. The number of halogens is 4. The molecule has 4 aliphatic heterocycles. The van der Waals surface area contributed by atoms with Crippen molar-refractivity contribution in [3.8, 4) is 23.0 Å². The van der Waals surface area contributed by atoms with Crippen molar-refractivity contribution in [3.63, 3.8) is 0 Å². The Hall–Kier alpha value is -3.78. The van der Waals surface area contributed by atoms with E-state index in [9.17, 15) is 13.2 Å². The second-order valence-electron chi connectivity index (χ2n) is 12.1. The highest BCUT2D eigenvalue weighted by atomic mass is 19.4. The molecule has 4 aromatic rings. The molecule has 2 N–H and O–H groups in total. The zero-order valence-corrected chi connectivity index (χ0v) is 23.3. The molecule has 226 valence electrons. The highest BCUT2D eigenvalue weighted by molar-refractivity contribution is 6.00. The fourth-order valence-corrected chi connectivity index (χ4v) is 7.58. The number of fused-ring (bicyclic) bond motifs is 5. The number of benzene rings is 1. The van der Waals surface area contributed by atoms with E-state index in [-0.39, 0.29) is 45.8 Å². The number of anilines is 1. The summed E-state index contributed by atoms with van der Waals surface area (Å²) in [6.45, 7) is 3.81. The third kappa shape index (κ3) is 4.62. The molecule has 43 heavy (non-hydrogen) atoms. The number of ether oxygens (including phenoxy) is 2. The second-order valence-corrected chi connectivity index (χ2v) is 12.1. The van der Waals surface area contributed by atoms with Crippen molar-refractivity contribution < 1.29 is 27.0 Å². The topological polar surface area (TPSA) is 104 Å². The summed E-state index contributed by atoms with van der Waals surface area (Å²) in [4.78, 5) is 18.2. The summed E-state index contributed by atoms with van der Waals surface area (Å²) in [6.07, 6.45) is 4.08. The van der Waals surface area contributed by atoms with Gasteiger partial charge in [-0.2, -0.15) is 15.1 Å². The highest BCUT2D eigenvalue weighted by Crippen LogP contribution is 2.42. The zero-order chi connectivity index (χ0) is 29.3. The summed E-state index contributed by atoms with van der Waals surface area (Å²) in [5, 5.41) is 10.9. The van der Waals surface area contributed by atoms with Crippen LogP contribution in [0.5, 0.6) is 11.8 Å². The lowest BCUT2D eigenvalue weighted by Gasteiger charge is -2.34. The third-order valence-electron chi connectivity index (χ3n) is 9.49. The molecule has 4 fully saturated rings. The molecule has 8 rings (SSSR count). The number of pyridine rings is 1. The average Bonchev–Trinajstić information content (AvgIpc) is 3.76. The molecule has 2 bridgehead atoms.